The van der Waals surface area contributed by atoms with Gasteiger partial charge in [-0.15, -0.1) is 0 Å². The SMILES string of the molecule is CCC(C(=O)NCC(C)C)N(Cc1ccc(Cl)c(Cl)c1)C(=O)CN(c1ccc(Cl)cc1C)S(=O)(=O)c1ccccc1. The summed E-state index contributed by atoms with van der Waals surface area (Å²) in [4.78, 5) is 28.9. The molecular weight excluding hydrogens is 605 g/mol. The maximum atomic E-state index is 14.1. The average molecular weight is 639 g/mol. The molecule has 0 fully saturated rings. The Morgan fingerprint density at radius 1 is 0.927 bits per heavy atom. The number of aryl methyl sites for hydroxylation is 1. The fraction of sp³-hybridized carbons (Fsp3) is 0.333. The van der Waals surface area contributed by atoms with Gasteiger partial charge >= 0.3 is 0 Å². The van der Waals surface area contributed by atoms with Crippen LogP contribution in [0.2, 0.25) is 15.1 Å². The summed E-state index contributed by atoms with van der Waals surface area (Å²) in [6.45, 7) is 7.37. The van der Waals surface area contributed by atoms with Gasteiger partial charge < -0.3 is 10.2 Å². The molecule has 0 aliphatic heterocycles. The third kappa shape index (κ3) is 8.38. The number of rotatable bonds is 12. The molecule has 0 aliphatic carbocycles. The molecular formula is C30H34Cl3N3O4S. The Hall–Kier alpha value is -2.78. The Labute approximate surface area is 257 Å². The molecule has 3 aromatic rings. The van der Waals surface area contributed by atoms with Crippen molar-refractivity contribution in [2.24, 2.45) is 5.92 Å². The van der Waals surface area contributed by atoms with E-state index in [1.807, 2.05) is 13.8 Å². The van der Waals surface area contributed by atoms with Crippen molar-refractivity contribution in [2.45, 2.75) is 51.6 Å². The minimum absolute atomic E-state index is 0.0160. The number of hydrogen-bond acceptors (Lipinski definition) is 4. The minimum Gasteiger partial charge on any atom is -0.354 e. The van der Waals surface area contributed by atoms with Crippen molar-refractivity contribution in [3.05, 3.63) is 92.9 Å². The summed E-state index contributed by atoms with van der Waals surface area (Å²) in [6, 6.07) is 16.8. The van der Waals surface area contributed by atoms with Crippen LogP contribution >= 0.6 is 34.8 Å². The number of nitrogens with one attached hydrogen (secondary N) is 1. The second-order valence-corrected chi connectivity index (χ2v) is 13.2. The molecule has 0 heterocycles. The second-order valence-electron chi connectivity index (χ2n) is 10.1. The zero-order valence-electron chi connectivity index (χ0n) is 23.4. The number of sulfonamides is 1. The van der Waals surface area contributed by atoms with Crippen LogP contribution in [0.3, 0.4) is 0 Å². The number of nitrogens with zero attached hydrogens (tertiary/aromatic N) is 2. The zero-order valence-corrected chi connectivity index (χ0v) is 26.5. The van der Waals surface area contributed by atoms with Crippen molar-refractivity contribution in [3.63, 3.8) is 0 Å². The van der Waals surface area contributed by atoms with Crippen LogP contribution in [0.25, 0.3) is 0 Å². The normalized spacial score (nSPS) is 12.2. The third-order valence-corrected chi connectivity index (χ3v) is 9.19. The summed E-state index contributed by atoms with van der Waals surface area (Å²) in [5, 5.41) is 4.00. The van der Waals surface area contributed by atoms with Gasteiger partial charge in [0, 0.05) is 18.1 Å². The first kappa shape index (κ1) is 32.7. The average Bonchev–Trinajstić information content (AvgIpc) is 2.93. The van der Waals surface area contributed by atoms with Crippen LogP contribution in [0.4, 0.5) is 5.69 Å². The highest BCUT2D eigenvalue weighted by atomic mass is 35.5. The lowest BCUT2D eigenvalue weighted by molar-refractivity contribution is -0.140. The predicted octanol–water partition coefficient (Wildman–Crippen LogP) is 6.73. The lowest BCUT2D eigenvalue weighted by Gasteiger charge is -2.33. The number of anilines is 1. The van der Waals surface area contributed by atoms with Crippen LogP contribution in [-0.2, 0) is 26.2 Å². The van der Waals surface area contributed by atoms with E-state index in [2.05, 4.69) is 5.32 Å². The molecule has 1 unspecified atom stereocenters. The van der Waals surface area contributed by atoms with Crippen molar-refractivity contribution >= 4 is 62.3 Å². The van der Waals surface area contributed by atoms with Gasteiger partial charge in [0.05, 0.1) is 20.6 Å². The molecule has 1 N–H and O–H groups in total. The standard InChI is InChI=1S/C30H34Cl3N3O4S/c1-5-27(30(38)34-17-20(2)3)35(18-22-11-13-25(32)26(33)16-22)29(37)19-36(28-14-12-23(31)15-21(28)4)41(39,40)24-9-7-6-8-10-24/h6-16,20,27H,5,17-19H2,1-4H3,(H,34,38). The van der Waals surface area contributed by atoms with Gasteiger partial charge in [0.25, 0.3) is 10.0 Å². The molecule has 11 heteroatoms. The van der Waals surface area contributed by atoms with Crippen molar-refractivity contribution < 1.29 is 18.0 Å². The lowest BCUT2D eigenvalue weighted by Crippen LogP contribution is -2.52. The summed E-state index contributed by atoms with van der Waals surface area (Å²) in [6.07, 6.45) is 0.308. The maximum Gasteiger partial charge on any atom is 0.264 e. The maximum absolute atomic E-state index is 14.1. The molecule has 0 aromatic heterocycles. The predicted molar refractivity (Wildman–Crippen MR) is 166 cm³/mol. The van der Waals surface area contributed by atoms with Gasteiger partial charge in [-0.25, -0.2) is 8.42 Å². The Balaban J connectivity index is 2.08. The van der Waals surface area contributed by atoms with E-state index >= 15 is 0 Å². The first-order valence-electron chi connectivity index (χ1n) is 13.2. The van der Waals surface area contributed by atoms with E-state index in [9.17, 15) is 18.0 Å². The van der Waals surface area contributed by atoms with E-state index < -0.39 is 28.5 Å². The van der Waals surface area contributed by atoms with E-state index in [0.717, 1.165) is 4.31 Å². The summed E-state index contributed by atoms with van der Waals surface area (Å²) in [5.41, 5.74) is 1.52. The van der Waals surface area contributed by atoms with Crippen LogP contribution in [0.15, 0.2) is 71.6 Å². The van der Waals surface area contributed by atoms with Crippen LogP contribution in [0.1, 0.15) is 38.3 Å². The minimum atomic E-state index is -4.17. The molecule has 7 nitrogen and oxygen atoms in total. The second kappa shape index (κ2) is 14.4. The number of halogens is 3. The Morgan fingerprint density at radius 3 is 2.20 bits per heavy atom. The molecule has 0 radical (unpaired) electrons. The number of carbonyl (C=O) groups is 2. The van der Waals surface area contributed by atoms with E-state index in [-0.39, 0.29) is 23.3 Å². The van der Waals surface area contributed by atoms with E-state index in [0.29, 0.717) is 44.8 Å². The Morgan fingerprint density at radius 2 is 1.61 bits per heavy atom. The Bertz CT molecular complexity index is 1480. The largest absolute Gasteiger partial charge is 0.354 e. The number of hydrogen-bond donors (Lipinski definition) is 1. The molecule has 3 rings (SSSR count). The highest BCUT2D eigenvalue weighted by Gasteiger charge is 2.34. The van der Waals surface area contributed by atoms with Crippen molar-refractivity contribution in [3.8, 4) is 0 Å². The molecule has 3 aromatic carbocycles. The fourth-order valence-corrected chi connectivity index (χ4v) is 6.36. The summed E-state index contributed by atoms with van der Waals surface area (Å²) < 4.78 is 28.9. The van der Waals surface area contributed by atoms with Gasteiger partial charge in [-0.2, -0.15) is 0 Å². The smallest absolute Gasteiger partial charge is 0.264 e. The lowest BCUT2D eigenvalue weighted by atomic mass is 10.1. The van der Waals surface area contributed by atoms with E-state index in [1.54, 1.807) is 68.4 Å². The van der Waals surface area contributed by atoms with Crippen LogP contribution in [0, 0.1) is 12.8 Å². The van der Waals surface area contributed by atoms with Gasteiger partial charge in [0.2, 0.25) is 11.8 Å². The molecule has 0 saturated heterocycles. The van der Waals surface area contributed by atoms with Crippen LogP contribution in [-0.4, -0.2) is 44.3 Å². The van der Waals surface area contributed by atoms with Crippen molar-refractivity contribution in [2.75, 3.05) is 17.4 Å². The fourth-order valence-electron chi connectivity index (χ4n) is 4.31. The third-order valence-electron chi connectivity index (χ3n) is 6.44. The van der Waals surface area contributed by atoms with Crippen LogP contribution < -0.4 is 9.62 Å². The summed E-state index contributed by atoms with van der Waals surface area (Å²) >= 11 is 18.5. The molecule has 1 atom stereocenters. The molecule has 0 aliphatic rings. The molecule has 0 saturated carbocycles. The highest BCUT2D eigenvalue weighted by molar-refractivity contribution is 7.92. The zero-order chi connectivity index (χ0) is 30.3. The quantitative estimate of drug-likeness (QED) is 0.238. The molecule has 0 bridgehead atoms. The summed E-state index contributed by atoms with van der Waals surface area (Å²) in [7, 11) is -4.17. The van der Waals surface area contributed by atoms with Gasteiger partial charge in [0.15, 0.2) is 0 Å². The molecule has 41 heavy (non-hydrogen) atoms. The van der Waals surface area contributed by atoms with Gasteiger partial charge in [-0.05, 0) is 72.9 Å². The number of benzene rings is 3. The number of carbonyl (C=O) groups excluding carboxylic acids is 2. The van der Waals surface area contributed by atoms with Crippen molar-refractivity contribution in [1.29, 1.82) is 0 Å². The van der Waals surface area contributed by atoms with E-state index in [1.165, 1.54) is 17.0 Å². The Kier molecular flexibility index (Phi) is 11.5. The molecule has 220 valence electrons. The molecule has 2 amide bonds. The highest BCUT2D eigenvalue weighted by Crippen LogP contribution is 2.30. The topological polar surface area (TPSA) is 86.8 Å². The van der Waals surface area contributed by atoms with Gasteiger partial charge in [-0.1, -0.05) is 79.8 Å². The van der Waals surface area contributed by atoms with Crippen molar-refractivity contribution in [1.82, 2.24) is 10.2 Å². The van der Waals surface area contributed by atoms with E-state index in [4.69, 9.17) is 34.8 Å². The monoisotopic (exact) mass is 637 g/mol. The summed E-state index contributed by atoms with van der Waals surface area (Å²) in [5.74, 6) is -0.679. The molecule has 0 spiro atoms. The first-order valence-corrected chi connectivity index (χ1v) is 15.8. The van der Waals surface area contributed by atoms with Crippen LogP contribution in [0.5, 0.6) is 0 Å². The van der Waals surface area contributed by atoms with Gasteiger partial charge in [-0.3, -0.25) is 13.9 Å². The first-order chi connectivity index (χ1) is 19.3. The number of amides is 2. The van der Waals surface area contributed by atoms with Gasteiger partial charge in [0.1, 0.15) is 12.6 Å².